The molecule has 8 nitrogen and oxygen atoms in total. The summed E-state index contributed by atoms with van der Waals surface area (Å²) < 4.78 is 1.34. The zero-order valence-electron chi connectivity index (χ0n) is 18.3. The lowest BCUT2D eigenvalue weighted by atomic mass is 9.85. The highest BCUT2D eigenvalue weighted by atomic mass is 16.4. The first-order valence-electron chi connectivity index (χ1n) is 11.0. The van der Waals surface area contributed by atoms with Crippen molar-refractivity contribution in [1.29, 1.82) is 0 Å². The molecule has 2 aliphatic rings. The molecule has 2 fully saturated rings. The van der Waals surface area contributed by atoms with Crippen molar-refractivity contribution in [3.05, 3.63) is 41.1 Å². The number of aromatic nitrogens is 2. The Balaban J connectivity index is 0.000000254. The molecule has 2 saturated carbocycles. The Bertz CT molecular complexity index is 927. The maximum Gasteiger partial charge on any atom is 0.341 e. The van der Waals surface area contributed by atoms with Crippen molar-refractivity contribution in [2.45, 2.75) is 70.9 Å². The number of amides is 1. The van der Waals surface area contributed by atoms with Crippen molar-refractivity contribution in [3.8, 4) is 5.69 Å². The van der Waals surface area contributed by atoms with Gasteiger partial charge in [0.1, 0.15) is 11.4 Å². The number of hydrogen-bond acceptors (Lipinski definition) is 5. The zero-order valence-corrected chi connectivity index (χ0v) is 18.3. The minimum Gasteiger partial charge on any atom is -0.477 e. The third kappa shape index (κ3) is 5.85. The Morgan fingerprint density at radius 3 is 2.39 bits per heavy atom. The van der Waals surface area contributed by atoms with Crippen LogP contribution in [0.5, 0.6) is 0 Å². The molecule has 2 aliphatic carbocycles. The summed E-state index contributed by atoms with van der Waals surface area (Å²) in [5, 5.41) is 16.0. The topological polar surface area (TPSA) is 136 Å². The van der Waals surface area contributed by atoms with Gasteiger partial charge in [0.2, 0.25) is 0 Å². The average Bonchev–Trinajstić information content (AvgIpc) is 3.48. The third-order valence-corrected chi connectivity index (χ3v) is 6.04. The first-order chi connectivity index (χ1) is 14.8. The molecule has 0 bridgehead atoms. The van der Waals surface area contributed by atoms with E-state index < -0.39 is 5.97 Å². The molecule has 6 N–H and O–H groups in total. The van der Waals surface area contributed by atoms with E-state index in [1.165, 1.54) is 43.0 Å². The minimum absolute atomic E-state index is 0.0374. The van der Waals surface area contributed by atoms with Gasteiger partial charge < -0.3 is 21.9 Å². The third-order valence-electron chi connectivity index (χ3n) is 6.04. The van der Waals surface area contributed by atoms with Gasteiger partial charge >= 0.3 is 5.97 Å². The highest BCUT2D eigenvalue weighted by molar-refractivity contribution is 5.95. The van der Waals surface area contributed by atoms with E-state index in [1.807, 2.05) is 6.92 Å². The summed E-state index contributed by atoms with van der Waals surface area (Å²) in [6, 6.07) is 5.89. The highest BCUT2D eigenvalue weighted by Crippen LogP contribution is 2.25. The Kier molecular flexibility index (Phi) is 7.33. The second-order valence-electron chi connectivity index (χ2n) is 8.67. The number of carbonyl (C=O) groups is 2. The van der Waals surface area contributed by atoms with E-state index in [0.29, 0.717) is 17.3 Å². The molecule has 0 aliphatic heterocycles. The predicted octanol–water partition coefficient (Wildman–Crippen LogP) is 3.27. The van der Waals surface area contributed by atoms with E-state index in [0.717, 1.165) is 24.3 Å². The monoisotopic (exact) mass is 427 g/mol. The second kappa shape index (κ2) is 9.96. The number of aryl methyl sites for hydroxylation is 1. The maximum atomic E-state index is 12.1. The standard InChI is InChI=1S/C15H16N4O3.C8H17N/c1-8-2-3-9(14(20)18-10-4-5-10)6-12(8)19-13(16)11(7-17-19)15(21)22;1-7(9)8-5-3-2-4-6-8/h2-3,6-7,10H,4-5,16H2,1H3,(H,18,20)(H,21,22);7-8H,2-6,9H2,1H3. The molecule has 0 radical (unpaired) electrons. The summed E-state index contributed by atoms with van der Waals surface area (Å²) in [4.78, 5) is 23.2. The summed E-state index contributed by atoms with van der Waals surface area (Å²) >= 11 is 0. The molecular formula is C23H33N5O3. The molecule has 1 aromatic carbocycles. The molecule has 8 heteroatoms. The average molecular weight is 428 g/mol. The molecule has 0 saturated heterocycles. The van der Waals surface area contributed by atoms with Crippen LogP contribution in [0.1, 0.15) is 78.1 Å². The van der Waals surface area contributed by atoms with Crippen molar-refractivity contribution < 1.29 is 14.7 Å². The van der Waals surface area contributed by atoms with Crippen LogP contribution in [0.15, 0.2) is 24.4 Å². The van der Waals surface area contributed by atoms with Crippen LogP contribution < -0.4 is 16.8 Å². The normalized spacial score (nSPS) is 17.4. The van der Waals surface area contributed by atoms with Crippen molar-refractivity contribution in [3.63, 3.8) is 0 Å². The van der Waals surface area contributed by atoms with Crippen LogP contribution in [-0.2, 0) is 0 Å². The van der Waals surface area contributed by atoms with Crippen LogP contribution in [-0.4, -0.2) is 38.8 Å². The molecule has 1 amide bonds. The Morgan fingerprint density at radius 2 is 1.87 bits per heavy atom. The molecule has 1 aromatic heterocycles. The van der Waals surface area contributed by atoms with E-state index in [4.69, 9.17) is 16.6 Å². The van der Waals surface area contributed by atoms with Crippen LogP contribution in [0, 0.1) is 12.8 Å². The Morgan fingerprint density at radius 1 is 1.19 bits per heavy atom. The van der Waals surface area contributed by atoms with Gasteiger partial charge in [-0.1, -0.05) is 25.3 Å². The van der Waals surface area contributed by atoms with Gasteiger partial charge in [0.05, 0.1) is 11.9 Å². The van der Waals surface area contributed by atoms with Gasteiger partial charge in [-0.25, -0.2) is 9.48 Å². The number of anilines is 1. The smallest absolute Gasteiger partial charge is 0.341 e. The maximum absolute atomic E-state index is 12.1. The lowest BCUT2D eigenvalue weighted by molar-refractivity contribution is 0.0697. The van der Waals surface area contributed by atoms with Gasteiger partial charge in [0.15, 0.2) is 0 Å². The van der Waals surface area contributed by atoms with Crippen molar-refractivity contribution in [2.24, 2.45) is 11.7 Å². The van der Waals surface area contributed by atoms with Crippen LogP contribution >= 0.6 is 0 Å². The molecule has 31 heavy (non-hydrogen) atoms. The number of hydrogen-bond donors (Lipinski definition) is 4. The number of carboxylic acids is 1. The summed E-state index contributed by atoms with van der Waals surface area (Å²) in [7, 11) is 0. The van der Waals surface area contributed by atoms with Crippen LogP contribution in [0.3, 0.4) is 0 Å². The molecular weight excluding hydrogens is 394 g/mol. The van der Waals surface area contributed by atoms with Gasteiger partial charge in [-0.3, -0.25) is 4.79 Å². The quantitative estimate of drug-likeness (QED) is 0.578. The largest absolute Gasteiger partial charge is 0.477 e. The number of nitrogens with zero attached hydrogens (tertiary/aromatic N) is 2. The Hall–Kier alpha value is -2.87. The predicted molar refractivity (Wildman–Crippen MR) is 120 cm³/mol. The number of benzene rings is 1. The van der Waals surface area contributed by atoms with E-state index in [-0.39, 0.29) is 23.3 Å². The minimum atomic E-state index is -1.14. The lowest BCUT2D eigenvalue weighted by Gasteiger charge is -2.24. The number of carboxylic acid groups (broad SMARTS) is 1. The highest BCUT2D eigenvalue weighted by Gasteiger charge is 2.24. The number of nitrogen functional groups attached to an aromatic ring is 1. The summed E-state index contributed by atoms with van der Waals surface area (Å²) in [5.41, 5.74) is 13.5. The fraction of sp³-hybridized carbons (Fsp3) is 0.522. The van der Waals surface area contributed by atoms with Crippen LogP contribution in [0.2, 0.25) is 0 Å². The summed E-state index contributed by atoms with van der Waals surface area (Å²) in [6.07, 6.45) is 10.2. The van der Waals surface area contributed by atoms with Gasteiger partial charge in [-0.05, 0) is 63.1 Å². The first-order valence-corrected chi connectivity index (χ1v) is 11.0. The number of rotatable bonds is 5. The molecule has 1 heterocycles. The molecule has 2 aromatic rings. The number of carbonyl (C=O) groups excluding carboxylic acids is 1. The molecule has 4 rings (SSSR count). The molecule has 1 unspecified atom stereocenters. The number of aromatic carboxylic acids is 1. The van der Waals surface area contributed by atoms with E-state index in [2.05, 4.69) is 17.3 Å². The van der Waals surface area contributed by atoms with E-state index >= 15 is 0 Å². The SMILES string of the molecule is CC(N)C1CCCCC1.Cc1ccc(C(=O)NC2CC2)cc1-n1ncc(C(=O)O)c1N. The van der Waals surface area contributed by atoms with Gasteiger partial charge in [0.25, 0.3) is 5.91 Å². The van der Waals surface area contributed by atoms with Crippen molar-refractivity contribution in [2.75, 3.05) is 5.73 Å². The fourth-order valence-electron chi connectivity index (χ4n) is 3.85. The molecule has 168 valence electrons. The van der Waals surface area contributed by atoms with Gasteiger partial charge in [-0.2, -0.15) is 5.10 Å². The fourth-order valence-corrected chi connectivity index (χ4v) is 3.85. The van der Waals surface area contributed by atoms with Crippen molar-refractivity contribution >= 4 is 17.7 Å². The number of nitrogens with one attached hydrogen (secondary N) is 1. The van der Waals surface area contributed by atoms with E-state index in [1.54, 1.807) is 18.2 Å². The number of nitrogens with two attached hydrogens (primary N) is 2. The Labute approximate surface area is 183 Å². The molecule has 1 atom stereocenters. The van der Waals surface area contributed by atoms with Crippen LogP contribution in [0.25, 0.3) is 5.69 Å². The summed E-state index contributed by atoms with van der Waals surface area (Å²) in [6.45, 7) is 3.98. The second-order valence-corrected chi connectivity index (χ2v) is 8.67. The molecule has 0 spiro atoms. The summed E-state index contributed by atoms with van der Waals surface area (Å²) in [5.74, 6) is -0.411. The lowest BCUT2D eigenvalue weighted by Crippen LogP contribution is -2.27. The van der Waals surface area contributed by atoms with E-state index in [9.17, 15) is 9.59 Å². The van der Waals surface area contributed by atoms with Gasteiger partial charge in [0, 0.05) is 17.6 Å². The van der Waals surface area contributed by atoms with Crippen LogP contribution in [0.4, 0.5) is 5.82 Å². The first kappa shape index (κ1) is 22.8. The van der Waals surface area contributed by atoms with Crippen molar-refractivity contribution in [1.82, 2.24) is 15.1 Å². The van der Waals surface area contributed by atoms with Gasteiger partial charge in [-0.15, -0.1) is 0 Å². The zero-order chi connectivity index (χ0) is 22.5.